The molecule has 2 fully saturated rings. The van der Waals surface area contributed by atoms with E-state index in [2.05, 4.69) is 9.88 Å². The molecule has 2 aromatic heterocycles. The zero-order valence-electron chi connectivity index (χ0n) is 14.0. The Hall–Kier alpha value is -1.43. The molecule has 24 heavy (non-hydrogen) atoms. The summed E-state index contributed by atoms with van der Waals surface area (Å²) in [6.45, 7) is 4.86. The van der Waals surface area contributed by atoms with Gasteiger partial charge in [0.05, 0.1) is 5.69 Å². The number of halogens is 1. The lowest BCUT2D eigenvalue weighted by atomic mass is 9.78. The molecule has 1 aliphatic carbocycles. The number of aryl methyl sites for hydroxylation is 1. The predicted octanol–water partition coefficient (Wildman–Crippen LogP) is 1.98. The highest BCUT2D eigenvalue weighted by Gasteiger charge is 2.38. The number of nitrogens with zero attached hydrogens (tertiary/aromatic N) is 3. The minimum absolute atomic E-state index is 0. The smallest absolute Gasteiger partial charge is 0.258 e. The lowest BCUT2D eigenvalue weighted by Crippen LogP contribution is -2.38. The fraction of sp³-hybridized carbons (Fsp3) is 0.556. The van der Waals surface area contributed by atoms with Gasteiger partial charge < -0.3 is 5.73 Å². The molecule has 3 atom stereocenters. The molecule has 0 aromatic carbocycles. The second-order valence-electron chi connectivity index (χ2n) is 7.23. The summed E-state index contributed by atoms with van der Waals surface area (Å²) in [6.07, 6.45) is 5.55. The number of hydrogen-bond donors (Lipinski definition) is 1. The van der Waals surface area contributed by atoms with Gasteiger partial charge in [-0.2, -0.15) is 0 Å². The van der Waals surface area contributed by atoms with Gasteiger partial charge >= 0.3 is 0 Å². The second kappa shape index (κ2) is 6.82. The molecule has 2 aromatic rings. The molecule has 2 aliphatic rings. The molecule has 4 rings (SSSR count). The predicted molar refractivity (Wildman–Crippen MR) is 97.5 cm³/mol. The van der Waals surface area contributed by atoms with Crippen molar-refractivity contribution in [2.75, 3.05) is 13.1 Å². The molecule has 3 unspecified atom stereocenters. The molecular formula is C18H25ClN4O. The van der Waals surface area contributed by atoms with Crippen molar-refractivity contribution in [2.45, 2.75) is 38.8 Å². The van der Waals surface area contributed by atoms with E-state index in [4.69, 9.17) is 5.73 Å². The first kappa shape index (κ1) is 17.4. The number of fused-ring (bicyclic) bond motifs is 2. The molecule has 6 heteroatoms. The van der Waals surface area contributed by atoms with Gasteiger partial charge in [-0.15, -0.1) is 12.4 Å². The minimum Gasteiger partial charge on any atom is -0.327 e. The lowest BCUT2D eigenvalue weighted by molar-refractivity contribution is 0.259. The van der Waals surface area contributed by atoms with Crippen molar-refractivity contribution in [2.24, 2.45) is 17.6 Å². The maximum atomic E-state index is 12.3. The Bertz CT molecular complexity index is 790. The largest absolute Gasteiger partial charge is 0.327 e. The maximum Gasteiger partial charge on any atom is 0.258 e. The molecule has 0 bridgehead atoms. The number of aromatic nitrogens is 2. The highest BCUT2D eigenvalue weighted by atomic mass is 35.5. The van der Waals surface area contributed by atoms with Crippen LogP contribution in [0.25, 0.3) is 5.65 Å². The number of pyridine rings is 1. The number of nitrogens with two attached hydrogens (primary N) is 1. The van der Waals surface area contributed by atoms with Crippen LogP contribution in [0.2, 0.25) is 0 Å². The fourth-order valence-corrected chi connectivity index (χ4v) is 4.31. The van der Waals surface area contributed by atoms with Crippen molar-refractivity contribution in [3.8, 4) is 0 Å². The zero-order valence-corrected chi connectivity index (χ0v) is 14.8. The van der Waals surface area contributed by atoms with Crippen LogP contribution in [0.4, 0.5) is 0 Å². The van der Waals surface area contributed by atoms with Gasteiger partial charge in [-0.05, 0) is 43.2 Å². The Morgan fingerprint density at radius 2 is 2.12 bits per heavy atom. The summed E-state index contributed by atoms with van der Waals surface area (Å²) in [7, 11) is 0. The van der Waals surface area contributed by atoms with Crippen molar-refractivity contribution in [1.82, 2.24) is 14.3 Å². The molecule has 2 N–H and O–H groups in total. The van der Waals surface area contributed by atoms with Crippen LogP contribution in [0.1, 0.15) is 30.5 Å². The third kappa shape index (κ3) is 3.21. The Morgan fingerprint density at radius 3 is 2.92 bits per heavy atom. The van der Waals surface area contributed by atoms with Crippen LogP contribution in [0.5, 0.6) is 0 Å². The van der Waals surface area contributed by atoms with Gasteiger partial charge in [-0.1, -0.05) is 12.5 Å². The first-order valence-electron chi connectivity index (χ1n) is 8.57. The van der Waals surface area contributed by atoms with Gasteiger partial charge in [-0.3, -0.25) is 14.1 Å². The van der Waals surface area contributed by atoms with E-state index in [0.29, 0.717) is 12.0 Å². The van der Waals surface area contributed by atoms with Crippen LogP contribution in [-0.4, -0.2) is 33.4 Å². The van der Waals surface area contributed by atoms with Crippen LogP contribution in [-0.2, 0) is 6.54 Å². The first-order valence-corrected chi connectivity index (χ1v) is 8.57. The van der Waals surface area contributed by atoms with E-state index in [9.17, 15) is 4.79 Å². The molecule has 1 saturated carbocycles. The van der Waals surface area contributed by atoms with Crippen LogP contribution in [0.3, 0.4) is 0 Å². The molecule has 0 amide bonds. The Kier molecular flexibility index (Phi) is 4.95. The highest BCUT2D eigenvalue weighted by molar-refractivity contribution is 5.85. The molecule has 0 radical (unpaired) electrons. The standard InChI is InChI=1S/C18H24N4O.ClH/c1-12-5-6-17-20-14(7-18(23)22(17)8-12)10-21-9-13-3-2-4-16(19)15(13)11-21;/h5-8,13,15-16H,2-4,9-11,19H2,1H3;1H. The van der Waals surface area contributed by atoms with Crippen LogP contribution in [0.15, 0.2) is 29.2 Å². The topological polar surface area (TPSA) is 63.6 Å². The van der Waals surface area contributed by atoms with Crippen LogP contribution < -0.4 is 11.3 Å². The van der Waals surface area contributed by atoms with E-state index in [1.165, 1.54) is 12.8 Å². The van der Waals surface area contributed by atoms with Crippen molar-refractivity contribution < 1.29 is 0 Å². The summed E-state index contributed by atoms with van der Waals surface area (Å²) in [5, 5.41) is 0. The van der Waals surface area contributed by atoms with Crippen molar-refractivity contribution >= 4 is 18.1 Å². The summed E-state index contributed by atoms with van der Waals surface area (Å²) in [6, 6.07) is 5.93. The quantitative estimate of drug-likeness (QED) is 0.901. The Morgan fingerprint density at radius 1 is 1.29 bits per heavy atom. The maximum absolute atomic E-state index is 12.3. The third-order valence-electron chi connectivity index (χ3n) is 5.48. The fourth-order valence-electron chi connectivity index (χ4n) is 4.31. The Labute approximate surface area is 148 Å². The first-order chi connectivity index (χ1) is 11.1. The van der Waals surface area contributed by atoms with Crippen LogP contribution in [0, 0.1) is 18.8 Å². The second-order valence-corrected chi connectivity index (χ2v) is 7.23. The zero-order chi connectivity index (χ0) is 16.0. The molecule has 1 aliphatic heterocycles. The molecule has 1 saturated heterocycles. The lowest BCUT2D eigenvalue weighted by Gasteiger charge is -2.29. The van der Waals surface area contributed by atoms with Gasteiger partial charge in [0.1, 0.15) is 5.65 Å². The van der Waals surface area contributed by atoms with Gasteiger partial charge in [0, 0.05) is 37.9 Å². The summed E-state index contributed by atoms with van der Waals surface area (Å²) in [5.41, 5.74) is 8.95. The van der Waals surface area contributed by atoms with E-state index in [1.807, 2.05) is 25.3 Å². The normalized spacial score (nSPS) is 27.0. The summed E-state index contributed by atoms with van der Waals surface area (Å²) < 4.78 is 1.62. The molecule has 3 heterocycles. The van der Waals surface area contributed by atoms with Crippen molar-refractivity contribution in [3.05, 3.63) is 46.0 Å². The van der Waals surface area contributed by atoms with E-state index in [0.717, 1.165) is 48.9 Å². The SMILES string of the molecule is Cc1ccc2nc(CN3CC4CCCC(N)C4C3)cc(=O)n2c1.Cl. The molecule has 0 spiro atoms. The van der Waals surface area contributed by atoms with Gasteiger partial charge in [-0.25, -0.2) is 4.98 Å². The number of hydrogen-bond acceptors (Lipinski definition) is 4. The van der Waals surface area contributed by atoms with Crippen LogP contribution >= 0.6 is 12.4 Å². The number of rotatable bonds is 2. The van der Waals surface area contributed by atoms with Gasteiger partial charge in [0.25, 0.3) is 5.56 Å². The monoisotopic (exact) mass is 348 g/mol. The average Bonchev–Trinajstić information content (AvgIpc) is 2.92. The van der Waals surface area contributed by atoms with Crippen molar-refractivity contribution in [3.63, 3.8) is 0 Å². The van der Waals surface area contributed by atoms with E-state index < -0.39 is 0 Å². The van der Waals surface area contributed by atoms with E-state index in [1.54, 1.807) is 10.5 Å². The minimum atomic E-state index is 0. The molecule has 130 valence electrons. The average molecular weight is 349 g/mol. The highest BCUT2D eigenvalue weighted by Crippen LogP contribution is 2.35. The number of likely N-dealkylation sites (tertiary alicyclic amines) is 1. The molecular weight excluding hydrogens is 324 g/mol. The van der Waals surface area contributed by atoms with E-state index in [-0.39, 0.29) is 18.0 Å². The molecule has 5 nitrogen and oxygen atoms in total. The van der Waals surface area contributed by atoms with E-state index >= 15 is 0 Å². The van der Waals surface area contributed by atoms with Crippen molar-refractivity contribution in [1.29, 1.82) is 0 Å². The Balaban J connectivity index is 0.00000169. The van der Waals surface area contributed by atoms with Gasteiger partial charge in [0.15, 0.2) is 0 Å². The summed E-state index contributed by atoms with van der Waals surface area (Å²) in [5.74, 6) is 1.34. The third-order valence-corrected chi connectivity index (χ3v) is 5.48. The summed E-state index contributed by atoms with van der Waals surface area (Å²) >= 11 is 0. The summed E-state index contributed by atoms with van der Waals surface area (Å²) in [4.78, 5) is 19.4. The van der Waals surface area contributed by atoms with Gasteiger partial charge in [0.2, 0.25) is 0 Å².